The molecule has 39 heavy (non-hydrogen) atoms. The van der Waals surface area contributed by atoms with Crippen LogP contribution in [0.2, 0.25) is 0 Å². The number of halogens is 2. The number of likely N-dealkylation sites (N-methyl/N-ethyl adjacent to an activating group) is 1. The second-order valence-electron chi connectivity index (χ2n) is 9.31. The Morgan fingerprint density at radius 2 is 1.79 bits per heavy atom. The molecule has 0 saturated carbocycles. The molecule has 3 heterocycles. The van der Waals surface area contributed by atoms with Crippen molar-refractivity contribution in [3.05, 3.63) is 81.4 Å². The second-order valence-corrected chi connectivity index (χ2v) is 9.31. The number of benzene rings is 2. The SMILES string of the molecule is CCN1C[C@H](C)n2c(c(OC)c3c(=O)n(Cc4ccc(F)cc4OCc4ccc(OC)cc4)nc(F)c32)C1=O. The van der Waals surface area contributed by atoms with Crippen LogP contribution in [-0.4, -0.2) is 52.5 Å². The van der Waals surface area contributed by atoms with Gasteiger partial charge in [-0.25, -0.2) is 9.07 Å². The van der Waals surface area contributed by atoms with E-state index in [1.54, 1.807) is 24.1 Å². The minimum Gasteiger partial charge on any atom is -0.497 e. The quantitative estimate of drug-likeness (QED) is 0.335. The summed E-state index contributed by atoms with van der Waals surface area (Å²) in [5.41, 5.74) is 0.642. The lowest BCUT2D eigenvalue weighted by molar-refractivity contribution is 0.0685. The number of carbonyl (C=O) groups excluding carboxylic acids is 1. The Morgan fingerprint density at radius 3 is 2.46 bits per heavy atom. The zero-order valence-corrected chi connectivity index (χ0v) is 22.0. The molecule has 5 rings (SSSR count). The summed E-state index contributed by atoms with van der Waals surface area (Å²) >= 11 is 0. The Morgan fingerprint density at radius 1 is 1.05 bits per heavy atom. The molecule has 1 atom stereocenters. The fraction of sp³-hybridized carbons (Fsp3) is 0.321. The molecule has 2 aromatic carbocycles. The van der Waals surface area contributed by atoms with E-state index in [0.717, 1.165) is 10.2 Å². The van der Waals surface area contributed by atoms with Crippen LogP contribution in [-0.2, 0) is 13.2 Å². The molecule has 0 aliphatic carbocycles. The zero-order valence-electron chi connectivity index (χ0n) is 22.0. The topological polar surface area (TPSA) is 87.8 Å². The third kappa shape index (κ3) is 4.58. The maximum atomic E-state index is 15.6. The van der Waals surface area contributed by atoms with Gasteiger partial charge in [0.2, 0.25) is 0 Å². The van der Waals surface area contributed by atoms with Crippen LogP contribution >= 0.6 is 0 Å². The number of methoxy groups -OCH3 is 2. The lowest BCUT2D eigenvalue weighted by Gasteiger charge is -2.32. The highest BCUT2D eigenvalue weighted by Gasteiger charge is 2.37. The Bertz CT molecular complexity index is 1610. The number of fused-ring (bicyclic) bond motifs is 3. The second kappa shape index (κ2) is 10.4. The van der Waals surface area contributed by atoms with Crippen LogP contribution in [0.15, 0.2) is 47.3 Å². The van der Waals surface area contributed by atoms with E-state index in [9.17, 15) is 14.0 Å². The normalized spacial score (nSPS) is 15.0. The fourth-order valence-electron chi connectivity index (χ4n) is 4.99. The van der Waals surface area contributed by atoms with Crippen LogP contribution < -0.4 is 19.8 Å². The maximum absolute atomic E-state index is 15.6. The van der Waals surface area contributed by atoms with E-state index in [0.29, 0.717) is 24.4 Å². The molecule has 0 bridgehead atoms. The molecule has 0 saturated heterocycles. The molecule has 1 amide bonds. The summed E-state index contributed by atoms with van der Waals surface area (Å²) in [6.07, 6.45) is 0. The average molecular weight is 539 g/mol. The van der Waals surface area contributed by atoms with Gasteiger partial charge in [-0.05, 0) is 37.6 Å². The molecule has 0 radical (unpaired) electrons. The van der Waals surface area contributed by atoms with Gasteiger partial charge in [-0.1, -0.05) is 18.2 Å². The van der Waals surface area contributed by atoms with Crippen molar-refractivity contribution >= 4 is 16.8 Å². The van der Waals surface area contributed by atoms with Crippen molar-refractivity contribution in [2.24, 2.45) is 0 Å². The molecule has 0 N–H and O–H groups in total. The van der Waals surface area contributed by atoms with Crippen molar-refractivity contribution in [2.45, 2.75) is 33.0 Å². The van der Waals surface area contributed by atoms with Gasteiger partial charge in [-0.15, -0.1) is 5.10 Å². The van der Waals surface area contributed by atoms with E-state index in [1.165, 1.54) is 29.9 Å². The number of ether oxygens (including phenoxy) is 3. The smallest absolute Gasteiger partial charge is 0.280 e. The lowest BCUT2D eigenvalue weighted by Crippen LogP contribution is -2.42. The minimum atomic E-state index is -0.915. The molecule has 4 aromatic rings. The average Bonchev–Trinajstić information content (AvgIpc) is 3.30. The molecule has 0 fully saturated rings. The third-order valence-electron chi connectivity index (χ3n) is 6.92. The fourth-order valence-corrected chi connectivity index (χ4v) is 4.99. The summed E-state index contributed by atoms with van der Waals surface area (Å²) in [5, 5.41) is 3.86. The van der Waals surface area contributed by atoms with Crippen molar-refractivity contribution < 1.29 is 27.8 Å². The number of carbonyl (C=O) groups is 1. The first-order valence-electron chi connectivity index (χ1n) is 12.5. The van der Waals surface area contributed by atoms with Gasteiger partial charge in [-0.2, -0.15) is 4.39 Å². The molecule has 0 unspecified atom stereocenters. The molecule has 1 aliphatic heterocycles. The van der Waals surface area contributed by atoms with Gasteiger partial charge in [0.1, 0.15) is 34.8 Å². The largest absolute Gasteiger partial charge is 0.497 e. The van der Waals surface area contributed by atoms with E-state index in [1.807, 2.05) is 26.0 Å². The summed E-state index contributed by atoms with van der Waals surface area (Å²) in [6, 6.07) is 10.8. The van der Waals surface area contributed by atoms with Gasteiger partial charge in [0.15, 0.2) is 11.4 Å². The predicted octanol–water partition coefficient (Wildman–Crippen LogP) is 4.16. The van der Waals surface area contributed by atoms with Gasteiger partial charge in [0.25, 0.3) is 17.4 Å². The Kier molecular flexibility index (Phi) is 6.98. The van der Waals surface area contributed by atoms with Gasteiger partial charge >= 0.3 is 0 Å². The van der Waals surface area contributed by atoms with Gasteiger partial charge < -0.3 is 23.7 Å². The number of amides is 1. The zero-order chi connectivity index (χ0) is 27.8. The van der Waals surface area contributed by atoms with Crippen LogP contribution in [0.3, 0.4) is 0 Å². The molecule has 204 valence electrons. The van der Waals surface area contributed by atoms with Crippen LogP contribution in [0.4, 0.5) is 8.78 Å². The van der Waals surface area contributed by atoms with Crippen LogP contribution in [0.1, 0.15) is 41.5 Å². The van der Waals surface area contributed by atoms with Gasteiger partial charge in [0, 0.05) is 30.8 Å². The van der Waals surface area contributed by atoms with Crippen molar-refractivity contribution in [2.75, 3.05) is 27.3 Å². The van der Waals surface area contributed by atoms with E-state index in [2.05, 4.69) is 5.10 Å². The lowest BCUT2D eigenvalue weighted by atomic mass is 10.2. The monoisotopic (exact) mass is 538 g/mol. The summed E-state index contributed by atoms with van der Waals surface area (Å²) < 4.78 is 48.7. The molecule has 2 aromatic heterocycles. The van der Waals surface area contributed by atoms with Crippen molar-refractivity contribution in [3.8, 4) is 17.2 Å². The highest BCUT2D eigenvalue weighted by molar-refractivity contribution is 6.04. The first-order chi connectivity index (χ1) is 18.8. The summed E-state index contributed by atoms with van der Waals surface area (Å²) in [5.74, 6) is -0.904. The van der Waals surface area contributed by atoms with E-state index in [-0.39, 0.29) is 53.2 Å². The summed E-state index contributed by atoms with van der Waals surface area (Å²) in [6.45, 7) is 4.45. The third-order valence-corrected chi connectivity index (χ3v) is 6.92. The predicted molar refractivity (Wildman–Crippen MR) is 140 cm³/mol. The highest BCUT2D eigenvalue weighted by atomic mass is 19.1. The van der Waals surface area contributed by atoms with E-state index in [4.69, 9.17) is 14.2 Å². The van der Waals surface area contributed by atoms with Gasteiger partial charge in [0.05, 0.1) is 20.8 Å². The highest BCUT2D eigenvalue weighted by Crippen LogP contribution is 2.38. The van der Waals surface area contributed by atoms with E-state index >= 15 is 4.39 Å². The number of hydrogen-bond donors (Lipinski definition) is 0. The molecule has 1 aliphatic rings. The van der Waals surface area contributed by atoms with Crippen molar-refractivity contribution in [1.29, 1.82) is 0 Å². The molecular weight excluding hydrogens is 510 g/mol. The first kappa shape index (κ1) is 26.2. The van der Waals surface area contributed by atoms with Crippen molar-refractivity contribution in [3.63, 3.8) is 0 Å². The van der Waals surface area contributed by atoms with Crippen LogP contribution in [0.25, 0.3) is 10.9 Å². The summed E-state index contributed by atoms with van der Waals surface area (Å²) in [4.78, 5) is 28.4. The molecule has 9 nitrogen and oxygen atoms in total. The molecule has 11 heteroatoms. The number of aromatic nitrogens is 3. The number of nitrogens with zero attached hydrogens (tertiary/aromatic N) is 4. The molecular formula is C28H28F2N4O5. The van der Waals surface area contributed by atoms with Crippen LogP contribution in [0.5, 0.6) is 17.2 Å². The Balaban J connectivity index is 1.55. The molecule has 0 spiro atoms. The number of hydrogen-bond acceptors (Lipinski definition) is 6. The standard InChI is InChI=1S/C28H28F2N4O5/c1-5-32-13-16(2)34-23-22(25(38-4)24(34)28(32)36)27(35)33(31-26(23)30)14-18-8-9-19(29)12-21(18)39-15-17-6-10-20(37-3)11-7-17/h6-12,16H,5,13-15H2,1-4H3/t16-/m0/s1. The van der Waals surface area contributed by atoms with Gasteiger partial charge in [-0.3, -0.25) is 9.59 Å². The first-order valence-corrected chi connectivity index (χ1v) is 12.5. The Hall–Kier alpha value is -4.41. The number of rotatable bonds is 8. The summed E-state index contributed by atoms with van der Waals surface area (Å²) in [7, 11) is 2.91. The Labute approximate surface area is 223 Å². The van der Waals surface area contributed by atoms with E-state index < -0.39 is 17.3 Å². The minimum absolute atomic E-state index is 0.00938. The van der Waals surface area contributed by atoms with Crippen molar-refractivity contribution in [1.82, 2.24) is 19.2 Å². The van der Waals surface area contributed by atoms with Crippen LogP contribution in [0, 0.1) is 11.8 Å². The maximum Gasteiger partial charge on any atom is 0.280 e.